The van der Waals surface area contributed by atoms with Crippen LogP contribution in [0.1, 0.15) is 50.7 Å². The molecule has 4 rings (SSSR count). The van der Waals surface area contributed by atoms with Crippen LogP contribution in [0.25, 0.3) is 0 Å². The van der Waals surface area contributed by atoms with Gasteiger partial charge in [-0.25, -0.2) is 9.59 Å². The van der Waals surface area contributed by atoms with Gasteiger partial charge in [0.1, 0.15) is 6.61 Å². The van der Waals surface area contributed by atoms with Crippen LogP contribution in [-0.2, 0) is 25.7 Å². The Kier molecular flexibility index (Phi) is 8.05. The lowest BCUT2D eigenvalue weighted by atomic mass is 9.82. The molecule has 1 aliphatic carbocycles. The van der Waals surface area contributed by atoms with Gasteiger partial charge in [0.25, 0.3) is 0 Å². The second-order valence-corrected chi connectivity index (χ2v) is 8.82. The summed E-state index contributed by atoms with van der Waals surface area (Å²) >= 11 is 0. The predicted molar refractivity (Wildman–Crippen MR) is 135 cm³/mol. The highest BCUT2D eigenvalue weighted by Crippen LogP contribution is 2.39. The normalized spacial score (nSPS) is 17.9. The minimum atomic E-state index is -0.741. The lowest BCUT2D eigenvalue weighted by molar-refractivity contribution is -0.141. The molecule has 1 aliphatic heterocycles. The summed E-state index contributed by atoms with van der Waals surface area (Å²) in [6, 6.07) is 19.1. The molecular weight excluding hydrogens is 438 g/mol. The van der Waals surface area contributed by atoms with Crippen LogP contribution in [0.3, 0.4) is 0 Å². The molecule has 5 nitrogen and oxygen atoms in total. The van der Waals surface area contributed by atoms with Crippen molar-refractivity contribution in [3.05, 3.63) is 94.3 Å². The summed E-state index contributed by atoms with van der Waals surface area (Å²) in [5.41, 5.74) is 4.01. The highest BCUT2D eigenvalue weighted by molar-refractivity contribution is 5.99. The first-order chi connectivity index (χ1) is 17.1. The summed E-state index contributed by atoms with van der Waals surface area (Å²) in [6.07, 6.45) is 4.18. The molecule has 0 amide bonds. The molecule has 0 unspecified atom stereocenters. The van der Waals surface area contributed by atoms with Gasteiger partial charge in [-0.1, -0.05) is 73.2 Å². The van der Waals surface area contributed by atoms with Gasteiger partial charge in [-0.3, -0.25) is 0 Å². The van der Waals surface area contributed by atoms with Gasteiger partial charge in [-0.15, -0.1) is 0 Å². The van der Waals surface area contributed by atoms with Gasteiger partial charge in [0.2, 0.25) is 0 Å². The minimum Gasteiger partial charge on any atom is -0.463 e. The van der Waals surface area contributed by atoms with Crippen molar-refractivity contribution in [2.24, 2.45) is 11.8 Å². The molecule has 1 saturated carbocycles. The van der Waals surface area contributed by atoms with Crippen LogP contribution < -0.4 is 5.32 Å². The number of esters is 2. The number of benzene rings is 2. The Balaban J connectivity index is 1.77. The van der Waals surface area contributed by atoms with Gasteiger partial charge < -0.3 is 14.8 Å². The van der Waals surface area contributed by atoms with Gasteiger partial charge in [0.05, 0.1) is 23.7 Å². The molecule has 35 heavy (non-hydrogen) atoms. The van der Waals surface area contributed by atoms with E-state index in [2.05, 4.69) is 17.2 Å². The van der Waals surface area contributed by atoms with E-state index < -0.39 is 17.9 Å². The van der Waals surface area contributed by atoms with E-state index in [1.807, 2.05) is 67.6 Å². The first kappa shape index (κ1) is 24.3. The molecule has 0 bridgehead atoms. The molecule has 2 aromatic carbocycles. The van der Waals surface area contributed by atoms with E-state index in [0.29, 0.717) is 16.8 Å². The first-order valence-corrected chi connectivity index (χ1v) is 12.2. The highest BCUT2D eigenvalue weighted by Gasteiger charge is 2.39. The maximum Gasteiger partial charge on any atom is 0.337 e. The van der Waals surface area contributed by atoms with Gasteiger partial charge in [-0.2, -0.15) is 0 Å². The van der Waals surface area contributed by atoms with Crippen LogP contribution in [0.15, 0.2) is 83.2 Å². The number of carbonyl (C=O) groups excluding carboxylic acids is 2. The van der Waals surface area contributed by atoms with Crippen LogP contribution in [0.5, 0.6) is 0 Å². The largest absolute Gasteiger partial charge is 0.463 e. The molecule has 2 aliphatic rings. The van der Waals surface area contributed by atoms with Crippen molar-refractivity contribution in [2.45, 2.75) is 46.1 Å². The monoisotopic (exact) mass is 469 g/mol. The van der Waals surface area contributed by atoms with Gasteiger partial charge in [-0.05, 0) is 50.3 Å². The van der Waals surface area contributed by atoms with E-state index in [-0.39, 0.29) is 19.1 Å². The number of dihydropyridines is 1. The van der Waals surface area contributed by atoms with Gasteiger partial charge in [0.15, 0.2) is 0 Å². The highest BCUT2D eigenvalue weighted by atomic mass is 16.5. The average Bonchev–Trinajstić information content (AvgIpc) is 3.42. The van der Waals surface area contributed by atoms with Crippen LogP contribution in [-0.4, -0.2) is 18.5 Å². The Morgan fingerprint density at radius 3 is 2.20 bits per heavy atom. The van der Waals surface area contributed by atoms with E-state index >= 15 is 0 Å². The third-order valence-electron chi connectivity index (χ3n) is 6.42. The fourth-order valence-corrected chi connectivity index (χ4v) is 4.72. The van der Waals surface area contributed by atoms with Crippen LogP contribution >= 0.6 is 0 Å². The fraction of sp³-hybridized carbons (Fsp3) is 0.333. The Hall–Kier alpha value is -3.78. The number of nitrogens with one attached hydrogen (secondary N) is 1. The van der Waals surface area contributed by atoms with Crippen molar-refractivity contribution in [3.8, 4) is 11.8 Å². The number of carbonyl (C=O) groups is 2. The summed E-state index contributed by atoms with van der Waals surface area (Å²) in [5.74, 6) is 4.94. The third-order valence-corrected chi connectivity index (χ3v) is 6.42. The Labute approximate surface area is 207 Å². The summed E-state index contributed by atoms with van der Waals surface area (Å²) in [6.45, 7) is 4.01. The Bertz CT molecular complexity index is 1180. The third kappa shape index (κ3) is 5.84. The SMILES string of the molecule is CCOC(=O)C1=C(C)NC(C2CCCC2)=C(C(=O)OCc2ccccc2)[C@H]1C#Cc1ccccc1. The van der Waals surface area contributed by atoms with E-state index in [0.717, 1.165) is 42.5 Å². The second-order valence-electron chi connectivity index (χ2n) is 8.82. The lowest BCUT2D eigenvalue weighted by Crippen LogP contribution is -2.36. The summed E-state index contributed by atoms with van der Waals surface area (Å²) in [7, 11) is 0. The number of hydrogen-bond donors (Lipinski definition) is 1. The van der Waals surface area contributed by atoms with Crippen LogP contribution in [0.4, 0.5) is 0 Å². The molecule has 0 spiro atoms. The van der Waals surface area contributed by atoms with Crippen molar-refractivity contribution in [1.82, 2.24) is 5.32 Å². The number of allylic oxidation sites excluding steroid dienone is 2. The molecule has 1 atom stereocenters. The minimum absolute atomic E-state index is 0.150. The van der Waals surface area contributed by atoms with E-state index in [1.165, 1.54) is 0 Å². The molecule has 0 saturated heterocycles. The van der Waals surface area contributed by atoms with Crippen LogP contribution in [0, 0.1) is 23.7 Å². The summed E-state index contributed by atoms with van der Waals surface area (Å²) < 4.78 is 11.2. The number of hydrogen-bond acceptors (Lipinski definition) is 5. The fourth-order valence-electron chi connectivity index (χ4n) is 4.72. The molecule has 1 heterocycles. The zero-order chi connectivity index (χ0) is 24.6. The van der Waals surface area contributed by atoms with Gasteiger partial charge in [0, 0.05) is 17.0 Å². The maximum atomic E-state index is 13.6. The second kappa shape index (κ2) is 11.6. The molecule has 180 valence electrons. The van der Waals surface area contributed by atoms with E-state index in [4.69, 9.17) is 9.47 Å². The number of ether oxygens (including phenoxy) is 2. The number of rotatable bonds is 6. The molecule has 2 aromatic rings. The summed E-state index contributed by atoms with van der Waals surface area (Å²) in [5, 5.41) is 3.39. The molecule has 0 radical (unpaired) electrons. The molecule has 0 aromatic heterocycles. The molecular formula is C30H31NO4. The van der Waals surface area contributed by atoms with Crippen molar-refractivity contribution >= 4 is 11.9 Å². The van der Waals surface area contributed by atoms with Crippen molar-refractivity contribution in [3.63, 3.8) is 0 Å². The van der Waals surface area contributed by atoms with Crippen molar-refractivity contribution in [1.29, 1.82) is 0 Å². The Morgan fingerprint density at radius 2 is 1.54 bits per heavy atom. The van der Waals surface area contributed by atoms with Crippen LogP contribution in [0.2, 0.25) is 0 Å². The zero-order valence-electron chi connectivity index (χ0n) is 20.3. The van der Waals surface area contributed by atoms with E-state index in [9.17, 15) is 9.59 Å². The molecule has 1 N–H and O–H groups in total. The summed E-state index contributed by atoms with van der Waals surface area (Å²) in [4.78, 5) is 26.7. The lowest BCUT2D eigenvalue weighted by Gasteiger charge is -2.31. The molecule has 1 fully saturated rings. The van der Waals surface area contributed by atoms with E-state index in [1.54, 1.807) is 6.92 Å². The van der Waals surface area contributed by atoms with Crippen molar-refractivity contribution < 1.29 is 19.1 Å². The molecule has 5 heteroatoms. The smallest absolute Gasteiger partial charge is 0.337 e. The average molecular weight is 470 g/mol. The van der Waals surface area contributed by atoms with Gasteiger partial charge >= 0.3 is 11.9 Å². The zero-order valence-corrected chi connectivity index (χ0v) is 20.3. The quantitative estimate of drug-likeness (QED) is 0.461. The topological polar surface area (TPSA) is 64.6 Å². The first-order valence-electron chi connectivity index (χ1n) is 12.2. The van der Waals surface area contributed by atoms with Crippen molar-refractivity contribution in [2.75, 3.05) is 6.61 Å². The standard InChI is InChI=1S/C30H31NO4/c1-3-34-29(32)26-21(2)31-28(24-16-10-11-17-24)27(25(26)19-18-22-12-6-4-7-13-22)30(33)35-20-23-14-8-5-9-15-23/h4-9,12-15,24-25,31H,3,10-11,16-17,20H2,1-2H3/t25-/m0/s1. The maximum absolute atomic E-state index is 13.6. The predicted octanol–water partition coefficient (Wildman–Crippen LogP) is 5.28. The Morgan fingerprint density at radius 1 is 0.914 bits per heavy atom.